The molecule has 96 valence electrons. The molecular weight excluding hydrogens is 261 g/mol. The van der Waals surface area contributed by atoms with Crippen molar-refractivity contribution in [2.24, 2.45) is 0 Å². The third-order valence-corrected chi connectivity index (χ3v) is 3.20. The highest BCUT2D eigenvalue weighted by atomic mass is 35.5. The van der Waals surface area contributed by atoms with Crippen LogP contribution in [-0.2, 0) is 16.1 Å². The number of hydrogen-bond donors (Lipinski definition) is 1. The van der Waals surface area contributed by atoms with E-state index in [1.807, 2.05) is 0 Å². The summed E-state index contributed by atoms with van der Waals surface area (Å²) in [4.78, 5) is 23.8. The van der Waals surface area contributed by atoms with Crippen molar-refractivity contribution in [3.05, 3.63) is 34.6 Å². The van der Waals surface area contributed by atoms with Gasteiger partial charge in [0.2, 0.25) is 5.91 Å². The molecule has 1 aromatic carbocycles. The van der Waals surface area contributed by atoms with Gasteiger partial charge in [-0.25, -0.2) is 9.18 Å². The number of benzene rings is 1. The first-order valence-corrected chi connectivity index (χ1v) is 5.83. The van der Waals surface area contributed by atoms with Gasteiger partial charge in [0.05, 0.1) is 0 Å². The number of likely N-dealkylation sites (tertiary alicyclic amines) is 1. The van der Waals surface area contributed by atoms with E-state index >= 15 is 0 Å². The van der Waals surface area contributed by atoms with Crippen LogP contribution in [0.1, 0.15) is 18.4 Å². The van der Waals surface area contributed by atoms with Crippen LogP contribution in [0.3, 0.4) is 0 Å². The summed E-state index contributed by atoms with van der Waals surface area (Å²) in [6.07, 6.45) is 0.454. The van der Waals surface area contributed by atoms with Crippen LogP contribution < -0.4 is 0 Å². The summed E-state index contributed by atoms with van der Waals surface area (Å²) in [5, 5.41) is 9.25. The number of amides is 1. The van der Waals surface area contributed by atoms with Crippen molar-refractivity contribution < 1.29 is 19.1 Å². The van der Waals surface area contributed by atoms with E-state index in [0.717, 1.165) is 6.07 Å². The number of halogens is 2. The molecule has 1 unspecified atom stereocenters. The molecule has 1 aliphatic rings. The van der Waals surface area contributed by atoms with Gasteiger partial charge in [-0.05, 0) is 18.6 Å². The molecule has 1 N–H and O–H groups in total. The lowest BCUT2D eigenvalue weighted by Crippen LogP contribution is -2.38. The second kappa shape index (κ2) is 4.94. The highest BCUT2D eigenvalue weighted by molar-refractivity contribution is 6.30. The summed E-state index contributed by atoms with van der Waals surface area (Å²) in [6, 6.07) is 3.25. The SMILES string of the molecule is O=C(O)C1CCC(=O)N1Cc1ccc(Cl)cc1F. The molecule has 1 aliphatic heterocycles. The first-order valence-electron chi connectivity index (χ1n) is 5.45. The van der Waals surface area contributed by atoms with Crippen LogP contribution in [0.25, 0.3) is 0 Å². The summed E-state index contributed by atoms with van der Waals surface area (Å²) in [5.74, 6) is -1.86. The zero-order valence-electron chi connectivity index (χ0n) is 9.40. The fourth-order valence-corrected chi connectivity index (χ4v) is 2.18. The minimum Gasteiger partial charge on any atom is -0.480 e. The summed E-state index contributed by atoms with van der Waals surface area (Å²) in [7, 11) is 0. The molecule has 2 rings (SSSR count). The van der Waals surface area contributed by atoms with Crippen LogP contribution in [0.2, 0.25) is 5.02 Å². The average molecular weight is 272 g/mol. The number of carbonyl (C=O) groups is 2. The molecule has 0 aliphatic carbocycles. The summed E-state index contributed by atoms with van der Waals surface area (Å²) in [6.45, 7) is -0.0429. The maximum absolute atomic E-state index is 13.6. The lowest BCUT2D eigenvalue weighted by molar-refractivity contribution is -0.146. The smallest absolute Gasteiger partial charge is 0.326 e. The van der Waals surface area contributed by atoms with Crippen molar-refractivity contribution in [3.63, 3.8) is 0 Å². The van der Waals surface area contributed by atoms with Crippen LogP contribution in [0.5, 0.6) is 0 Å². The highest BCUT2D eigenvalue weighted by Gasteiger charge is 2.36. The zero-order chi connectivity index (χ0) is 13.3. The molecule has 4 nitrogen and oxygen atoms in total. The predicted molar refractivity (Wildman–Crippen MR) is 62.6 cm³/mol. The first kappa shape index (κ1) is 12.8. The third kappa shape index (κ3) is 2.46. The molecule has 1 heterocycles. The van der Waals surface area contributed by atoms with E-state index in [9.17, 15) is 14.0 Å². The minimum absolute atomic E-state index is 0.0429. The molecule has 1 atom stereocenters. The van der Waals surface area contributed by atoms with Crippen molar-refractivity contribution in [2.45, 2.75) is 25.4 Å². The van der Waals surface area contributed by atoms with Crippen LogP contribution in [0.4, 0.5) is 4.39 Å². The second-order valence-corrected chi connectivity index (χ2v) is 4.59. The molecule has 1 amide bonds. The summed E-state index contributed by atoms with van der Waals surface area (Å²) in [5.41, 5.74) is 0.265. The quantitative estimate of drug-likeness (QED) is 0.915. The van der Waals surface area contributed by atoms with E-state index in [0.29, 0.717) is 0 Å². The Morgan fingerprint density at radius 3 is 2.89 bits per heavy atom. The van der Waals surface area contributed by atoms with E-state index in [1.54, 1.807) is 0 Å². The Morgan fingerprint density at radius 2 is 2.28 bits per heavy atom. The van der Waals surface area contributed by atoms with E-state index in [-0.39, 0.29) is 35.9 Å². The van der Waals surface area contributed by atoms with Gasteiger partial charge >= 0.3 is 5.97 Å². The van der Waals surface area contributed by atoms with Crippen LogP contribution >= 0.6 is 11.6 Å². The van der Waals surface area contributed by atoms with Crippen molar-refractivity contribution >= 4 is 23.5 Å². The van der Waals surface area contributed by atoms with Gasteiger partial charge in [0.15, 0.2) is 0 Å². The lowest BCUT2D eigenvalue weighted by Gasteiger charge is -2.21. The van der Waals surface area contributed by atoms with Crippen molar-refractivity contribution in [1.29, 1.82) is 0 Å². The number of carboxylic acids is 1. The summed E-state index contributed by atoms with van der Waals surface area (Å²) < 4.78 is 13.6. The number of nitrogens with zero attached hydrogens (tertiary/aromatic N) is 1. The maximum atomic E-state index is 13.6. The Bertz CT molecular complexity index is 506. The molecule has 1 aromatic rings. The van der Waals surface area contributed by atoms with Crippen molar-refractivity contribution in [1.82, 2.24) is 4.90 Å². The van der Waals surface area contributed by atoms with E-state index in [1.165, 1.54) is 17.0 Å². The molecule has 6 heteroatoms. The molecule has 0 radical (unpaired) electrons. The number of aliphatic carboxylic acids is 1. The topological polar surface area (TPSA) is 57.6 Å². The molecule has 18 heavy (non-hydrogen) atoms. The number of carboxylic acid groups (broad SMARTS) is 1. The van der Waals surface area contributed by atoms with Crippen molar-refractivity contribution in [3.8, 4) is 0 Å². The average Bonchev–Trinajstić information content (AvgIpc) is 2.64. The third-order valence-electron chi connectivity index (χ3n) is 2.97. The van der Waals surface area contributed by atoms with Crippen LogP contribution in [0, 0.1) is 5.82 Å². The number of carbonyl (C=O) groups excluding carboxylic acids is 1. The number of hydrogen-bond acceptors (Lipinski definition) is 2. The van der Waals surface area contributed by atoms with Gasteiger partial charge in [0, 0.05) is 23.6 Å². The molecule has 1 fully saturated rings. The second-order valence-electron chi connectivity index (χ2n) is 4.15. The fourth-order valence-electron chi connectivity index (χ4n) is 2.02. The van der Waals surface area contributed by atoms with Gasteiger partial charge < -0.3 is 10.0 Å². The maximum Gasteiger partial charge on any atom is 0.326 e. The standard InChI is InChI=1S/C12H11ClFNO3/c13-8-2-1-7(9(14)5-8)6-15-10(12(17)18)3-4-11(15)16/h1-2,5,10H,3-4,6H2,(H,17,18). The van der Waals surface area contributed by atoms with Gasteiger partial charge in [-0.15, -0.1) is 0 Å². The van der Waals surface area contributed by atoms with E-state index in [4.69, 9.17) is 16.7 Å². The Morgan fingerprint density at radius 1 is 1.56 bits per heavy atom. The largest absolute Gasteiger partial charge is 0.480 e. The van der Waals surface area contributed by atoms with Gasteiger partial charge in [0.1, 0.15) is 11.9 Å². The monoisotopic (exact) mass is 271 g/mol. The van der Waals surface area contributed by atoms with E-state index in [2.05, 4.69) is 0 Å². The molecule has 0 aromatic heterocycles. The Kier molecular flexibility index (Phi) is 3.52. The molecule has 0 bridgehead atoms. The molecule has 0 saturated carbocycles. The first-order chi connectivity index (χ1) is 8.49. The molecule has 1 saturated heterocycles. The van der Waals surface area contributed by atoms with Gasteiger partial charge in [-0.3, -0.25) is 4.79 Å². The highest BCUT2D eigenvalue weighted by Crippen LogP contribution is 2.23. The van der Waals surface area contributed by atoms with E-state index < -0.39 is 17.8 Å². The zero-order valence-corrected chi connectivity index (χ0v) is 10.2. The normalized spacial score (nSPS) is 19.3. The predicted octanol–water partition coefficient (Wildman–Crippen LogP) is 2.05. The Labute approximate surface area is 108 Å². The van der Waals surface area contributed by atoms with Gasteiger partial charge in [-0.1, -0.05) is 17.7 Å². The Balaban J connectivity index is 2.21. The fraction of sp³-hybridized carbons (Fsp3) is 0.333. The molecular formula is C12H11ClFNO3. The Hall–Kier alpha value is -1.62. The van der Waals surface area contributed by atoms with Crippen LogP contribution in [-0.4, -0.2) is 27.9 Å². The summed E-state index contributed by atoms with van der Waals surface area (Å²) >= 11 is 5.63. The van der Waals surface area contributed by atoms with Crippen molar-refractivity contribution in [2.75, 3.05) is 0 Å². The lowest BCUT2D eigenvalue weighted by atomic mass is 10.1. The van der Waals surface area contributed by atoms with Gasteiger partial charge in [0.25, 0.3) is 0 Å². The molecule has 0 spiro atoms. The minimum atomic E-state index is -1.06. The number of rotatable bonds is 3. The van der Waals surface area contributed by atoms with Crippen LogP contribution in [0.15, 0.2) is 18.2 Å². The van der Waals surface area contributed by atoms with Gasteiger partial charge in [-0.2, -0.15) is 0 Å².